The molecule has 0 aliphatic heterocycles. The number of hydrogen-bond donors (Lipinski definition) is 2. The summed E-state index contributed by atoms with van der Waals surface area (Å²) in [5.74, 6) is 0.858. The van der Waals surface area contributed by atoms with Crippen LogP contribution in [0.5, 0.6) is 0 Å². The number of aliphatic imine (C=N–C) groups is 1. The summed E-state index contributed by atoms with van der Waals surface area (Å²) in [6.07, 6.45) is 3.69. The Balaban J connectivity index is 2.31. The van der Waals surface area contributed by atoms with Gasteiger partial charge in [0.15, 0.2) is 5.96 Å². The molecule has 0 spiro atoms. The average Bonchev–Trinajstić information content (AvgIpc) is 2.68. The van der Waals surface area contributed by atoms with Crippen LogP contribution in [0.15, 0.2) is 4.99 Å². The normalized spacial score (nSPS) is 11.7. The average molecular weight is 268 g/mol. The predicted molar refractivity (Wildman–Crippen MR) is 79.3 cm³/mol. The molecule has 1 aromatic heterocycles. The molecule has 0 amide bonds. The quantitative estimate of drug-likeness (QED) is 0.474. The van der Waals surface area contributed by atoms with Gasteiger partial charge < -0.3 is 10.6 Å². The number of rotatable bonds is 6. The standard InChI is InChI=1S/C13H24N4S/c1-5-6-7-8-15-13(14-4)16-9-12-17-10(2)11(3)18-12/h5-9H2,1-4H3,(H2,14,15,16). The van der Waals surface area contributed by atoms with Gasteiger partial charge in [-0.05, 0) is 20.3 Å². The van der Waals surface area contributed by atoms with Crippen molar-refractivity contribution in [1.82, 2.24) is 15.6 Å². The van der Waals surface area contributed by atoms with Gasteiger partial charge in [-0.1, -0.05) is 19.8 Å². The summed E-state index contributed by atoms with van der Waals surface area (Å²) in [4.78, 5) is 9.99. The van der Waals surface area contributed by atoms with Crippen molar-refractivity contribution in [3.05, 3.63) is 15.6 Å². The Morgan fingerprint density at radius 2 is 2.06 bits per heavy atom. The first kappa shape index (κ1) is 15.0. The number of thiazole rings is 1. The van der Waals surface area contributed by atoms with Gasteiger partial charge >= 0.3 is 0 Å². The van der Waals surface area contributed by atoms with E-state index < -0.39 is 0 Å². The molecule has 0 saturated carbocycles. The maximum absolute atomic E-state index is 4.50. The van der Waals surface area contributed by atoms with Gasteiger partial charge in [0, 0.05) is 18.5 Å². The van der Waals surface area contributed by atoms with Gasteiger partial charge in [-0.15, -0.1) is 11.3 Å². The highest BCUT2D eigenvalue weighted by Crippen LogP contribution is 2.15. The number of unbranched alkanes of at least 4 members (excludes halogenated alkanes) is 2. The monoisotopic (exact) mass is 268 g/mol. The zero-order valence-corrected chi connectivity index (χ0v) is 12.7. The molecule has 1 heterocycles. The topological polar surface area (TPSA) is 49.3 Å². The molecule has 18 heavy (non-hydrogen) atoms. The van der Waals surface area contributed by atoms with E-state index in [0.29, 0.717) is 0 Å². The van der Waals surface area contributed by atoms with Crippen molar-refractivity contribution in [1.29, 1.82) is 0 Å². The van der Waals surface area contributed by atoms with Crippen LogP contribution in [0.3, 0.4) is 0 Å². The Labute approximate surface area is 114 Å². The van der Waals surface area contributed by atoms with Crippen molar-refractivity contribution in [3.8, 4) is 0 Å². The molecular formula is C13H24N4S. The van der Waals surface area contributed by atoms with Gasteiger partial charge in [0.1, 0.15) is 5.01 Å². The summed E-state index contributed by atoms with van der Waals surface area (Å²) in [7, 11) is 1.80. The molecule has 0 aliphatic rings. The predicted octanol–water partition coefficient (Wildman–Crippen LogP) is 2.62. The number of nitrogens with one attached hydrogen (secondary N) is 2. The van der Waals surface area contributed by atoms with Crippen LogP contribution in [0.4, 0.5) is 0 Å². The fraction of sp³-hybridized carbons (Fsp3) is 0.692. The highest BCUT2D eigenvalue weighted by atomic mass is 32.1. The van der Waals surface area contributed by atoms with E-state index in [2.05, 4.69) is 34.5 Å². The lowest BCUT2D eigenvalue weighted by molar-refractivity contribution is 0.682. The molecule has 0 aliphatic carbocycles. The molecule has 0 unspecified atom stereocenters. The smallest absolute Gasteiger partial charge is 0.191 e. The lowest BCUT2D eigenvalue weighted by Crippen LogP contribution is -2.37. The summed E-state index contributed by atoms with van der Waals surface area (Å²) in [5, 5.41) is 7.71. The molecule has 2 N–H and O–H groups in total. The minimum atomic E-state index is 0.743. The van der Waals surface area contributed by atoms with E-state index in [1.54, 1.807) is 18.4 Å². The van der Waals surface area contributed by atoms with Crippen LogP contribution in [-0.2, 0) is 6.54 Å². The van der Waals surface area contributed by atoms with Crippen molar-refractivity contribution in [2.45, 2.75) is 46.6 Å². The number of hydrogen-bond acceptors (Lipinski definition) is 3. The largest absolute Gasteiger partial charge is 0.356 e. The summed E-state index contributed by atoms with van der Waals surface area (Å²) in [5.41, 5.74) is 1.13. The van der Waals surface area contributed by atoms with Crippen LogP contribution in [0.1, 0.15) is 41.8 Å². The minimum Gasteiger partial charge on any atom is -0.356 e. The SMILES string of the molecule is CCCCCNC(=NC)NCc1nc(C)c(C)s1. The Morgan fingerprint density at radius 3 is 2.61 bits per heavy atom. The van der Waals surface area contributed by atoms with Crippen LogP contribution in [-0.4, -0.2) is 24.5 Å². The number of aromatic nitrogens is 1. The second kappa shape index (κ2) is 8.08. The fourth-order valence-electron chi connectivity index (χ4n) is 1.58. The van der Waals surface area contributed by atoms with E-state index in [4.69, 9.17) is 0 Å². The van der Waals surface area contributed by atoms with E-state index in [-0.39, 0.29) is 0 Å². The third-order valence-electron chi connectivity index (χ3n) is 2.78. The summed E-state index contributed by atoms with van der Waals surface area (Å²) >= 11 is 1.74. The molecule has 102 valence electrons. The number of aryl methyl sites for hydroxylation is 2. The Bertz CT molecular complexity index is 365. The van der Waals surface area contributed by atoms with Gasteiger partial charge in [0.2, 0.25) is 0 Å². The van der Waals surface area contributed by atoms with E-state index in [1.165, 1.54) is 24.1 Å². The van der Waals surface area contributed by atoms with Crippen LogP contribution >= 0.6 is 11.3 Å². The third kappa shape index (κ3) is 5.04. The van der Waals surface area contributed by atoms with Gasteiger partial charge in [0.25, 0.3) is 0 Å². The molecule has 0 radical (unpaired) electrons. The van der Waals surface area contributed by atoms with Crippen LogP contribution < -0.4 is 10.6 Å². The lowest BCUT2D eigenvalue weighted by atomic mass is 10.2. The van der Waals surface area contributed by atoms with Crippen LogP contribution in [0.25, 0.3) is 0 Å². The second-order valence-electron chi connectivity index (χ2n) is 4.31. The van der Waals surface area contributed by atoms with Gasteiger partial charge in [-0.2, -0.15) is 0 Å². The van der Waals surface area contributed by atoms with Crippen molar-refractivity contribution in [3.63, 3.8) is 0 Å². The maximum Gasteiger partial charge on any atom is 0.191 e. The van der Waals surface area contributed by atoms with Gasteiger partial charge in [-0.25, -0.2) is 4.98 Å². The van der Waals surface area contributed by atoms with Crippen molar-refractivity contribution < 1.29 is 0 Å². The number of guanidine groups is 1. The van der Waals surface area contributed by atoms with E-state index in [9.17, 15) is 0 Å². The third-order valence-corrected chi connectivity index (χ3v) is 3.85. The van der Waals surface area contributed by atoms with Crippen LogP contribution in [0.2, 0.25) is 0 Å². The molecule has 0 atom stereocenters. The number of nitrogens with zero attached hydrogens (tertiary/aromatic N) is 2. The summed E-state index contributed by atoms with van der Waals surface area (Å²) in [6.45, 7) is 8.08. The zero-order chi connectivity index (χ0) is 13.4. The van der Waals surface area contributed by atoms with E-state index in [1.807, 2.05) is 6.92 Å². The van der Waals surface area contributed by atoms with Crippen molar-refractivity contribution in [2.24, 2.45) is 4.99 Å². The van der Waals surface area contributed by atoms with Crippen molar-refractivity contribution in [2.75, 3.05) is 13.6 Å². The first-order valence-electron chi connectivity index (χ1n) is 6.54. The first-order valence-corrected chi connectivity index (χ1v) is 7.36. The van der Waals surface area contributed by atoms with Gasteiger partial charge in [0.05, 0.1) is 12.2 Å². The fourth-order valence-corrected chi connectivity index (χ4v) is 2.45. The highest BCUT2D eigenvalue weighted by molar-refractivity contribution is 7.11. The maximum atomic E-state index is 4.50. The Morgan fingerprint density at radius 1 is 1.28 bits per heavy atom. The molecule has 5 heteroatoms. The highest BCUT2D eigenvalue weighted by Gasteiger charge is 2.04. The molecule has 4 nitrogen and oxygen atoms in total. The van der Waals surface area contributed by atoms with Gasteiger partial charge in [-0.3, -0.25) is 4.99 Å². The summed E-state index contributed by atoms with van der Waals surface area (Å²) < 4.78 is 0. The van der Waals surface area contributed by atoms with Crippen molar-refractivity contribution >= 4 is 17.3 Å². The Kier molecular flexibility index (Phi) is 6.72. The summed E-state index contributed by atoms with van der Waals surface area (Å²) in [6, 6.07) is 0. The molecule has 0 saturated heterocycles. The molecule has 0 aromatic carbocycles. The molecule has 0 fully saturated rings. The minimum absolute atomic E-state index is 0.743. The second-order valence-corrected chi connectivity index (χ2v) is 5.60. The zero-order valence-electron chi connectivity index (χ0n) is 11.8. The molecule has 1 rings (SSSR count). The molecule has 0 bridgehead atoms. The molecule has 1 aromatic rings. The first-order chi connectivity index (χ1) is 8.67. The van der Waals surface area contributed by atoms with E-state index in [0.717, 1.165) is 29.8 Å². The lowest BCUT2D eigenvalue weighted by Gasteiger charge is -2.10. The van der Waals surface area contributed by atoms with Crippen LogP contribution in [0, 0.1) is 13.8 Å². The molecular weight excluding hydrogens is 244 g/mol. The van der Waals surface area contributed by atoms with E-state index >= 15 is 0 Å². The Hall–Kier alpha value is -1.10.